The highest BCUT2D eigenvalue weighted by atomic mass is 16.5. The van der Waals surface area contributed by atoms with Gasteiger partial charge in [-0.05, 0) is 50.5 Å². The minimum atomic E-state index is -0.659. The Kier molecular flexibility index (Phi) is 6.47. The number of likely N-dealkylation sites (tertiary alicyclic amines) is 1. The van der Waals surface area contributed by atoms with Gasteiger partial charge in [0.05, 0.1) is 18.8 Å². The molecule has 2 amide bonds. The predicted octanol–water partition coefficient (Wildman–Crippen LogP) is 2.61. The maximum atomic E-state index is 13.2. The first-order valence-corrected chi connectivity index (χ1v) is 10.3. The molecule has 7 nitrogen and oxygen atoms in total. The molecule has 1 aromatic carbocycles. The highest BCUT2D eigenvalue weighted by molar-refractivity contribution is 6.01. The predicted molar refractivity (Wildman–Crippen MR) is 112 cm³/mol. The third-order valence-electron chi connectivity index (χ3n) is 5.56. The lowest BCUT2D eigenvalue weighted by atomic mass is 10.1. The number of nitrogens with one attached hydrogen (secondary N) is 2. The topological polar surface area (TPSA) is 94.7 Å². The molecule has 0 spiro atoms. The summed E-state index contributed by atoms with van der Waals surface area (Å²) in [6.45, 7) is 9.04. The summed E-state index contributed by atoms with van der Waals surface area (Å²) in [5.41, 5.74) is 2.35. The number of amides is 2. The fourth-order valence-electron chi connectivity index (χ4n) is 3.74. The van der Waals surface area contributed by atoms with E-state index in [0.29, 0.717) is 38.2 Å². The number of aromatic nitrogens is 1. The monoisotopic (exact) mass is 401 g/mol. The Balaban J connectivity index is 1.76. The highest BCUT2D eigenvalue weighted by Gasteiger charge is 2.30. The van der Waals surface area contributed by atoms with Crippen LogP contribution in [0.2, 0.25) is 0 Å². The lowest BCUT2D eigenvalue weighted by molar-refractivity contribution is -0.125. The van der Waals surface area contributed by atoms with Crippen LogP contribution >= 0.6 is 0 Å². The summed E-state index contributed by atoms with van der Waals surface area (Å²) >= 11 is 0. The standard InChI is InChI=1S/C22H31N3O4/c1-5-29-15-6-7-17-16(12-15)14(4)20(23-17)22(28)25-10-8-18(19(26)9-11-25)24-21(27)13(2)3/h6-7,12-13,18-19,23,26H,5,8-11H2,1-4H3,(H,24,27)/t18-,19-/m0/s1. The number of benzene rings is 1. The molecule has 1 aromatic heterocycles. The van der Waals surface area contributed by atoms with Gasteiger partial charge in [-0.1, -0.05) is 13.8 Å². The van der Waals surface area contributed by atoms with Crippen LogP contribution in [0.4, 0.5) is 0 Å². The van der Waals surface area contributed by atoms with Crippen molar-refractivity contribution in [1.82, 2.24) is 15.2 Å². The molecule has 2 aromatic rings. The molecule has 0 bridgehead atoms. The van der Waals surface area contributed by atoms with Crippen molar-refractivity contribution in [3.05, 3.63) is 29.5 Å². The molecular weight excluding hydrogens is 370 g/mol. The summed E-state index contributed by atoms with van der Waals surface area (Å²) in [6, 6.07) is 5.43. The van der Waals surface area contributed by atoms with Gasteiger partial charge in [-0.3, -0.25) is 9.59 Å². The number of hydrogen-bond donors (Lipinski definition) is 3. The molecule has 7 heteroatoms. The molecule has 3 N–H and O–H groups in total. The van der Waals surface area contributed by atoms with Crippen LogP contribution in [0.1, 0.15) is 49.7 Å². The number of aryl methyl sites for hydroxylation is 1. The number of nitrogens with zero attached hydrogens (tertiary/aromatic N) is 1. The van der Waals surface area contributed by atoms with E-state index in [0.717, 1.165) is 22.2 Å². The first-order chi connectivity index (χ1) is 13.8. The molecule has 1 fully saturated rings. The molecule has 0 saturated carbocycles. The van der Waals surface area contributed by atoms with E-state index in [2.05, 4.69) is 10.3 Å². The Hall–Kier alpha value is -2.54. The van der Waals surface area contributed by atoms with Gasteiger partial charge in [0, 0.05) is 29.9 Å². The first kappa shape index (κ1) is 21.2. The van der Waals surface area contributed by atoms with Crippen molar-refractivity contribution in [3.8, 4) is 5.75 Å². The van der Waals surface area contributed by atoms with Crippen LogP contribution in [0.5, 0.6) is 5.75 Å². The Morgan fingerprint density at radius 1 is 1.31 bits per heavy atom. The van der Waals surface area contributed by atoms with Crippen LogP contribution in [-0.2, 0) is 4.79 Å². The summed E-state index contributed by atoms with van der Waals surface area (Å²) in [5.74, 6) is 0.478. The van der Waals surface area contributed by atoms with Crippen LogP contribution in [0, 0.1) is 12.8 Å². The molecule has 158 valence electrons. The number of aliphatic hydroxyl groups is 1. The van der Waals surface area contributed by atoms with Gasteiger partial charge in [-0.25, -0.2) is 0 Å². The van der Waals surface area contributed by atoms with Gasteiger partial charge in [-0.2, -0.15) is 0 Å². The maximum absolute atomic E-state index is 13.2. The number of carbonyl (C=O) groups excluding carboxylic acids is 2. The summed E-state index contributed by atoms with van der Waals surface area (Å²) in [7, 11) is 0. The van der Waals surface area contributed by atoms with E-state index in [1.807, 2.05) is 45.9 Å². The van der Waals surface area contributed by atoms with Crippen molar-refractivity contribution in [2.75, 3.05) is 19.7 Å². The second-order valence-corrected chi connectivity index (χ2v) is 7.97. The fourth-order valence-corrected chi connectivity index (χ4v) is 3.74. The largest absolute Gasteiger partial charge is 0.494 e. The number of aromatic amines is 1. The van der Waals surface area contributed by atoms with Gasteiger partial charge in [-0.15, -0.1) is 0 Å². The van der Waals surface area contributed by atoms with Crippen LogP contribution in [0.15, 0.2) is 18.2 Å². The van der Waals surface area contributed by atoms with Gasteiger partial charge in [0.2, 0.25) is 5.91 Å². The minimum Gasteiger partial charge on any atom is -0.494 e. The number of hydrogen-bond acceptors (Lipinski definition) is 4. The van der Waals surface area contributed by atoms with E-state index >= 15 is 0 Å². The molecule has 0 radical (unpaired) electrons. The van der Waals surface area contributed by atoms with Crippen molar-refractivity contribution < 1.29 is 19.4 Å². The third kappa shape index (κ3) is 4.56. The van der Waals surface area contributed by atoms with Gasteiger partial charge in [0.1, 0.15) is 11.4 Å². The number of ether oxygens (including phenoxy) is 1. The van der Waals surface area contributed by atoms with E-state index in [9.17, 15) is 14.7 Å². The van der Waals surface area contributed by atoms with E-state index < -0.39 is 6.10 Å². The molecule has 2 atom stereocenters. The number of H-pyrrole nitrogens is 1. The zero-order chi connectivity index (χ0) is 21.1. The average molecular weight is 402 g/mol. The van der Waals surface area contributed by atoms with E-state index in [4.69, 9.17) is 4.74 Å². The lowest BCUT2D eigenvalue weighted by Crippen LogP contribution is -2.44. The number of fused-ring (bicyclic) bond motifs is 1. The normalized spacial score (nSPS) is 20.0. The number of carbonyl (C=O) groups is 2. The minimum absolute atomic E-state index is 0.0783. The molecule has 3 rings (SSSR count). The second-order valence-electron chi connectivity index (χ2n) is 7.97. The molecule has 1 saturated heterocycles. The van der Waals surface area contributed by atoms with Gasteiger partial charge < -0.3 is 25.0 Å². The quantitative estimate of drug-likeness (QED) is 0.718. The Morgan fingerprint density at radius 2 is 2.03 bits per heavy atom. The Labute approximate surface area is 171 Å². The average Bonchev–Trinajstić information content (AvgIpc) is 2.90. The Morgan fingerprint density at radius 3 is 2.72 bits per heavy atom. The Bertz CT molecular complexity index is 890. The second kappa shape index (κ2) is 8.86. The summed E-state index contributed by atoms with van der Waals surface area (Å²) < 4.78 is 5.57. The van der Waals surface area contributed by atoms with Crippen molar-refractivity contribution in [2.24, 2.45) is 5.92 Å². The SMILES string of the molecule is CCOc1ccc2[nH]c(C(=O)N3CC[C@H](NC(=O)C(C)C)[C@@H](O)CC3)c(C)c2c1. The third-order valence-corrected chi connectivity index (χ3v) is 5.56. The molecule has 1 aliphatic heterocycles. The number of aliphatic hydroxyl groups excluding tert-OH is 1. The zero-order valence-electron chi connectivity index (χ0n) is 17.6. The van der Waals surface area contributed by atoms with Crippen LogP contribution in [-0.4, -0.2) is 58.6 Å². The lowest BCUT2D eigenvalue weighted by Gasteiger charge is -2.22. The van der Waals surface area contributed by atoms with Crippen molar-refractivity contribution in [2.45, 2.75) is 52.7 Å². The molecule has 0 unspecified atom stereocenters. The maximum Gasteiger partial charge on any atom is 0.270 e. The van der Waals surface area contributed by atoms with Crippen molar-refractivity contribution in [3.63, 3.8) is 0 Å². The smallest absolute Gasteiger partial charge is 0.270 e. The molecular formula is C22H31N3O4. The highest BCUT2D eigenvalue weighted by Crippen LogP contribution is 2.27. The fraction of sp³-hybridized carbons (Fsp3) is 0.545. The van der Waals surface area contributed by atoms with E-state index in [-0.39, 0.29) is 23.8 Å². The van der Waals surface area contributed by atoms with Crippen LogP contribution in [0.3, 0.4) is 0 Å². The summed E-state index contributed by atoms with van der Waals surface area (Å²) in [5, 5.41) is 14.3. The number of rotatable bonds is 5. The van der Waals surface area contributed by atoms with E-state index in [1.54, 1.807) is 4.90 Å². The van der Waals surface area contributed by atoms with Gasteiger partial charge in [0.15, 0.2) is 0 Å². The first-order valence-electron chi connectivity index (χ1n) is 10.3. The van der Waals surface area contributed by atoms with Crippen molar-refractivity contribution >= 4 is 22.7 Å². The summed E-state index contributed by atoms with van der Waals surface area (Å²) in [4.78, 5) is 30.2. The van der Waals surface area contributed by atoms with Crippen LogP contribution < -0.4 is 10.1 Å². The van der Waals surface area contributed by atoms with Crippen molar-refractivity contribution in [1.29, 1.82) is 0 Å². The molecule has 1 aliphatic rings. The molecule has 0 aliphatic carbocycles. The van der Waals surface area contributed by atoms with Crippen LogP contribution in [0.25, 0.3) is 10.9 Å². The molecule has 29 heavy (non-hydrogen) atoms. The van der Waals surface area contributed by atoms with Gasteiger partial charge >= 0.3 is 0 Å². The summed E-state index contributed by atoms with van der Waals surface area (Å²) in [6.07, 6.45) is 0.301. The zero-order valence-corrected chi connectivity index (χ0v) is 17.6. The van der Waals surface area contributed by atoms with Gasteiger partial charge in [0.25, 0.3) is 5.91 Å². The molecule has 2 heterocycles. The van der Waals surface area contributed by atoms with E-state index in [1.165, 1.54) is 0 Å².